The highest BCUT2D eigenvalue weighted by atomic mass is 35.5. The molecule has 7 heteroatoms. The molecule has 0 aliphatic carbocycles. The fourth-order valence-electron chi connectivity index (χ4n) is 2.86. The third kappa shape index (κ3) is 8.62. The van der Waals surface area contributed by atoms with E-state index >= 15 is 0 Å². The number of anilines is 2. The van der Waals surface area contributed by atoms with Gasteiger partial charge in [0.1, 0.15) is 11.0 Å². The number of nitrogens with zero attached hydrogens (tertiary/aromatic N) is 2. The lowest BCUT2D eigenvalue weighted by molar-refractivity contribution is -0.118. The van der Waals surface area contributed by atoms with Crippen LogP contribution in [0.2, 0.25) is 5.15 Å². The third-order valence-corrected chi connectivity index (χ3v) is 5.77. The van der Waals surface area contributed by atoms with E-state index in [0.717, 1.165) is 30.6 Å². The van der Waals surface area contributed by atoms with Crippen molar-refractivity contribution in [3.05, 3.63) is 40.5 Å². The maximum absolute atomic E-state index is 12.1. The summed E-state index contributed by atoms with van der Waals surface area (Å²) < 4.78 is 0. The molecule has 2 rings (SSSR count). The highest BCUT2D eigenvalue weighted by molar-refractivity contribution is 7.99. The number of nitrogens with one attached hydrogen (secondary N) is 2. The van der Waals surface area contributed by atoms with Crippen molar-refractivity contribution < 1.29 is 4.79 Å². The van der Waals surface area contributed by atoms with Crippen LogP contribution in [-0.4, -0.2) is 28.2 Å². The molecule has 0 spiro atoms. The lowest BCUT2D eigenvalue weighted by Crippen LogP contribution is -2.26. The number of halogens is 1. The van der Waals surface area contributed by atoms with E-state index in [0.29, 0.717) is 16.1 Å². The van der Waals surface area contributed by atoms with E-state index in [1.165, 1.54) is 43.0 Å². The van der Waals surface area contributed by atoms with E-state index in [4.69, 9.17) is 11.6 Å². The van der Waals surface area contributed by atoms with Gasteiger partial charge < -0.3 is 10.6 Å². The van der Waals surface area contributed by atoms with Crippen LogP contribution in [0.5, 0.6) is 0 Å². The van der Waals surface area contributed by atoms with E-state index in [1.807, 2.05) is 12.1 Å². The Morgan fingerprint density at radius 2 is 1.86 bits per heavy atom. The average Bonchev–Trinajstić information content (AvgIpc) is 2.69. The van der Waals surface area contributed by atoms with Gasteiger partial charge in [0.25, 0.3) is 0 Å². The summed E-state index contributed by atoms with van der Waals surface area (Å²) >= 11 is 7.44. The quantitative estimate of drug-likeness (QED) is 0.184. The third-order valence-electron chi connectivity index (χ3n) is 4.73. The number of aryl methyl sites for hydroxylation is 1. The van der Waals surface area contributed by atoms with E-state index in [2.05, 4.69) is 47.4 Å². The SMILES string of the molecule is CCCCCCCCNC(=O)CSc1nc(Cl)cc(Nc2cccc(C)c2C)n1. The second-order valence-electron chi connectivity index (χ2n) is 7.14. The van der Waals surface area contributed by atoms with Crippen molar-refractivity contribution in [3.8, 4) is 0 Å². The van der Waals surface area contributed by atoms with Crippen molar-refractivity contribution in [3.63, 3.8) is 0 Å². The van der Waals surface area contributed by atoms with Gasteiger partial charge in [-0.3, -0.25) is 4.79 Å². The summed E-state index contributed by atoms with van der Waals surface area (Å²) in [6.45, 7) is 7.06. The van der Waals surface area contributed by atoms with Gasteiger partial charge in [0.05, 0.1) is 5.75 Å². The number of amides is 1. The van der Waals surface area contributed by atoms with Crippen molar-refractivity contribution in [2.45, 2.75) is 64.5 Å². The zero-order chi connectivity index (χ0) is 21.1. The number of carbonyl (C=O) groups is 1. The van der Waals surface area contributed by atoms with Gasteiger partial charge in [0.15, 0.2) is 5.16 Å². The largest absolute Gasteiger partial charge is 0.355 e. The molecule has 158 valence electrons. The number of benzene rings is 1. The molecule has 0 aliphatic heterocycles. The fraction of sp³-hybridized carbons (Fsp3) is 0.500. The number of aromatic nitrogens is 2. The minimum absolute atomic E-state index is 0.00354. The van der Waals surface area contributed by atoms with Crippen LogP contribution in [0.4, 0.5) is 11.5 Å². The standard InChI is InChI=1S/C22H31ClN4OS/c1-4-5-6-7-8-9-13-24-21(28)15-29-22-26-19(23)14-20(27-22)25-18-12-10-11-16(2)17(18)3/h10-12,14H,4-9,13,15H2,1-3H3,(H,24,28)(H,25,26,27). The topological polar surface area (TPSA) is 66.9 Å². The highest BCUT2D eigenvalue weighted by Gasteiger charge is 2.09. The Labute approximate surface area is 183 Å². The first-order chi connectivity index (χ1) is 14.0. The molecule has 1 amide bonds. The maximum atomic E-state index is 12.1. The summed E-state index contributed by atoms with van der Waals surface area (Å²) in [4.78, 5) is 20.8. The maximum Gasteiger partial charge on any atom is 0.230 e. The molecule has 29 heavy (non-hydrogen) atoms. The Balaban J connectivity index is 1.80. The van der Waals surface area contributed by atoms with Crippen molar-refractivity contribution in [2.75, 3.05) is 17.6 Å². The van der Waals surface area contributed by atoms with Crippen LogP contribution in [0.25, 0.3) is 0 Å². The molecule has 0 radical (unpaired) electrons. The van der Waals surface area contributed by atoms with Crippen LogP contribution in [0.15, 0.2) is 29.4 Å². The number of thioether (sulfide) groups is 1. The zero-order valence-electron chi connectivity index (χ0n) is 17.6. The minimum atomic E-state index is -0.00354. The van der Waals surface area contributed by atoms with Gasteiger partial charge in [-0.2, -0.15) is 0 Å². The molecule has 0 saturated carbocycles. The molecule has 2 N–H and O–H groups in total. The van der Waals surface area contributed by atoms with Gasteiger partial charge in [-0.1, -0.05) is 74.5 Å². The van der Waals surface area contributed by atoms with Gasteiger partial charge in [-0.05, 0) is 37.5 Å². The highest BCUT2D eigenvalue weighted by Crippen LogP contribution is 2.25. The molecule has 5 nitrogen and oxygen atoms in total. The Hall–Kier alpha value is -1.79. The summed E-state index contributed by atoms with van der Waals surface area (Å²) in [5.41, 5.74) is 3.34. The van der Waals surface area contributed by atoms with Crippen molar-refractivity contribution >= 4 is 40.8 Å². The van der Waals surface area contributed by atoms with Gasteiger partial charge in [-0.25, -0.2) is 9.97 Å². The second kappa shape index (κ2) is 12.7. The molecule has 1 aromatic heterocycles. The first-order valence-corrected chi connectivity index (χ1v) is 11.6. The first kappa shape index (κ1) is 23.5. The lowest BCUT2D eigenvalue weighted by Gasteiger charge is -2.11. The average molecular weight is 435 g/mol. The fourth-order valence-corrected chi connectivity index (χ4v) is 3.79. The summed E-state index contributed by atoms with van der Waals surface area (Å²) in [5, 5.41) is 7.09. The molecule has 0 saturated heterocycles. The lowest BCUT2D eigenvalue weighted by atomic mass is 10.1. The van der Waals surface area contributed by atoms with Crippen LogP contribution in [0.3, 0.4) is 0 Å². The van der Waals surface area contributed by atoms with Crippen molar-refractivity contribution in [1.29, 1.82) is 0 Å². The summed E-state index contributed by atoms with van der Waals surface area (Å²) in [5.74, 6) is 0.892. The number of hydrogen-bond acceptors (Lipinski definition) is 5. The summed E-state index contributed by atoms with van der Waals surface area (Å²) in [6, 6.07) is 7.75. The predicted molar refractivity (Wildman–Crippen MR) is 123 cm³/mol. The number of carbonyl (C=O) groups excluding carboxylic acids is 1. The molecule has 1 heterocycles. The molecule has 2 aromatic rings. The molecular formula is C22H31ClN4OS. The number of rotatable bonds is 12. The van der Waals surface area contributed by atoms with E-state index < -0.39 is 0 Å². The van der Waals surface area contributed by atoms with Crippen LogP contribution < -0.4 is 10.6 Å². The molecular weight excluding hydrogens is 404 g/mol. The zero-order valence-corrected chi connectivity index (χ0v) is 19.1. The normalized spacial score (nSPS) is 10.8. The van der Waals surface area contributed by atoms with Gasteiger partial charge >= 0.3 is 0 Å². The molecule has 0 unspecified atom stereocenters. The molecule has 1 aromatic carbocycles. The van der Waals surface area contributed by atoms with Crippen LogP contribution >= 0.6 is 23.4 Å². The van der Waals surface area contributed by atoms with Crippen molar-refractivity contribution in [1.82, 2.24) is 15.3 Å². The predicted octanol–water partition coefficient (Wildman–Crippen LogP) is 6.06. The monoisotopic (exact) mass is 434 g/mol. The number of hydrogen-bond donors (Lipinski definition) is 2. The Morgan fingerprint density at radius 1 is 1.10 bits per heavy atom. The smallest absolute Gasteiger partial charge is 0.230 e. The van der Waals surface area contributed by atoms with E-state index in [-0.39, 0.29) is 11.7 Å². The number of unbranched alkanes of at least 4 members (excludes halogenated alkanes) is 5. The first-order valence-electron chi connectivity index (χ1n) is 10.3. The van der Waals surface area contributed by atoms with Gasteiger partial charge in [0.2, 0.25) is 5.91 Å². The molecule has 0 fully saturated rings. The summed E-state index contributed by atoms with van der Waals surface area (Å²) in [6.07, 6.45) is 7.26. The Bertz CT molecular complexity index is 800. The van der Waals surface area contributed by atoms with Gasteiger partial charge in [-0.15, -0.1) is 0 Å². The summed E-state index contributed by atoms with van der Waals surface area (Å²) in [7, 11) is 0. The Morgan fingerprint density at radius 3 is 2.66 bits per heavy atom. The Kier molecular flexibility index (Phi) is 10.3. The molecule has 0 aliphatic rings. The molecule has 0 bridgehead atoms. The second-order valence-corrected chi connectivity index (χ2v) is 8.47. The van der Waals surface area contributed by atoms with Crippen LogP contribution in [-0.2, 0) is 4.79 Å². The minimum Gasteiger partial charge on any atom is -0.355 e. The van der Waals surface area contributed by atoms with Crippen LogP contribution in [0, 0.1) is 13.8 Å². The van der Waals surface area contributed by atoms with Gasteiger partial charge in [0, 0.05) is 18.3 Å². The van der Waals surface area contributed by atoms with Crippen LogP contribution in [0.1, 0.15) is 56.6 Å². The van der Waals surface area contributed by atoms with E-state index in [9.17, 15) is 4.79 Å². The van der Waals surface area contributed by atoms with Crippen molar-refractivity contribution in [2.24, 2.45) is 0 Å². The molecule has 0 atom stereocenters. The van der Waals surface area contributed by atoms with E-state index in [1.54, 1.807) is 6.07 Å².